The van der Waals surface area contributed by atoms with Gasteiger partial charge in [-0.15, -0.1) is 0 Å². The number of primary sulfonamides is 1. The van der Waals surface area contributed by atoms with E-state index >= 15 is 0 Å². The van der Waals surface area contributed by atoms with Crippen LogP contribution in [0.1, 0.15) is 22.4 Å². The summed E-state index contributed by atoms with van der Waals surface area (Å²) in [6, 6.07) is 5.05. The Morgan fingerprint density at radius 1 is 1.33 bits per heavy atom. The maximum Gasteiger partial charge on any atom is 0.238 e. The number of sulfonamides is 1. The Labute approximate surface area is 142 Å². The van der Waals surface area contributed by atoms with Gasteiger partial charge in [0.05, 0.1) is 24.2 Å². The van der Waals surface area contributed by atoms with E-state index < -0.39 is 10.0 Å². The Morgan fingerprint density at radius 3 is 2.75 bits per heavy atom. The molecule has 0 aliphatic carbocycles. The van der Waals surface area contributed by atoms with Crippen molar-refractivity contribution in [3.63, 3.8) is 0 Å². The largest absolute Gasteiger partial charge is 0.496 e. The third-order valence-corrected chi connectivity index (χ3v) is 5.37. The van der Waals surface area contributed by atoms with E-state index in [4.69, 9.17) is 9.88 Å². The summed E-state index contributed by atoms with van der Waals surface area (Å²) < 4.78 is 28.4. The lowest BCUT2D eigenvalue weighted by Gasteiger charge is -2.21. The fourth-order valence-corrected chi connectivity index (χ4v) is 3.76. The van der Waals surface area contributed by atoms with E-state index in [1.165, 1.54) is 0 Å². The highest BCUT2D eigenvalue weighted by molar-refractivity contribution is 7.89. The zero-order valence-electron chi connectivity index (χ0n) is 14.0. The quantitative estimate of drug-likeness (QED) is 0.913. The van der Waals surface area contributed by atoms with Gasteiger partial charge in [0.25, 0.3) is 0 Å². The molecule has 128 valence electrons. The zero-order valence-corrected chi connectivity index (χ0v) is 14.9. The molecule has 1 aromatic heterocycles. The summed E-state index contributed by atoms with van der Waals surface area (Å²) in [6.45, 7) is 5.46. The number of nitrogens with zero attached hydrogens (tertiary/aromatic N) is 2. The van der Waals surface area contributed by atoms with Crippen LogP contribution in [0.2, 0.25) is 0 Å². The number of anilines is 1. The number of ether oxygens (including phenoxy) is 1. The van der Waals surface area contributed by atoms with Gasteiger partial charge in [-0.05, 0) is 44.0 Å². The number of aryl methyl sites for hydroxylation is 1. The van der Waals surface area contributed by atoms with Crippen LogP contribution in [-0.4, -0.2) is 27.1 Å². The fraction of sp³-hybridized carbons (Fsp3) is 0.353. The van der Waals surface area contributed by atoms with Crippen LogP contribution in [0.25, 0.3) is 0 Å². The topological polar surface area (TPSA) is 85.5 Å². The average Bonchev–Trinajstić information content (AvgIpc) is 2.92. The Hall–Kier alpha value is -2.12. The number of aromatic nitrogens is 1. The van der Waals surface area contributed by atoms with Crippen molar-refractivity contribution >= 4 is 15.7 Å². The molecular weight excluding hydrogens is 326 g/mol. The van der Waals surface area contributed by atoms with Crippen LogP contribution in [0.15, 0.2) is 29.3 Å². The predicted octanol–water partition coefficient (Wildman–Crippen LogP) is 1.92. The van der Waals surface area contributed by atoms with Crippen molar-refractivity contribution in [2.45, 2.75) is 31.7 Å². The van der Waals surface area contributed by atoms with E-state index in [0.717, 1.165) is 46.8 Å². The Bertz CT molecular complexity index is 894. The number of hydrogen-bond donors (Lipinski definition) is 1. The highest BCUT2D eigenvalue weighted by atomic mass is 32.2. The molecule has 2 aromatic rings. The van der Waals surface area contributed by atoms with E-state index in [1.807, 2.05) is 26.1 Å². The lowest BCUT2D eigenvalue weighted by Crippen LogP contribution is -2.21. The molecule has 0 saturated carbocycles. The summed E-state index contributed by atoms with van der Waals surface area (Å²) in [5, 5.41) is 5.21. The van der Waals surface area contributed by atoms with Gasteiger partial charge in [-0.3, -0.25) is 4.98 Å². The van der Waals surface area contributed by atoms with Gasteiger partial charge in [-0.2, -0.15) is 0 Å². The summed E-state index contributed by atoms with van der Waals surface area (Å²) in [4.78, 5) is 6.90. The van der Waals surface area contributed by atoms with E-state index in [2.05, 4.69) is 9.88 Å². The molecule has 0 fully saturated rings. The molecule has 1 aliphatic rings. The number of nitrogens with two attached hydrogens (primary N) is 1. The lowest BCUT2D eigenvalue weighted by atomic mass is 10.1. The molecular formula is C17H21N3O3S. The number of methoxy groups -OCH3 is 1. The van der Waals surface area contributed by atoms with Crippen LogP contribution >= 0.6 is 0 Å². The molecule has 0 amide bonds. The molecule has 24 heavy (non-hydrogen) atoms. The predicted molar refractivity (Wildman–Crippen MR) is 92.8 cm³/mol. The standard InChI is InChI=1S/C17H21N3O3S/c1-11-9-19-15(12(2)17(11)23-3)10-20-7-6-13-8-14(24(18,21)22)4-5-16(13)20/h4-5,8-9H,6-7,10H2,1-3H3,(H2,18,21,22). The fourth-order valence-electron chi connectivity index (χ4n) is 3.20. The second-order valence-corrected chi connectivity index (χ2v) is 7.61. The minimum atomic E-state index is -3.67. The van der Waals surface area contributed by atoms with Crippen molar-refractivity contribution in [1.82, 2.24) is 4.98 Å². The molecule has 1 aromatic carbocycles. The Kier molecular flexibility index (Phi) is 4.23. The summed E-state index contributed by atoms with van der Waals surface area (Å²) in [7, 11) is -2.00. The molecule has 0 bridgehead atoms. The van der Waals surface area contributed by atoms with Crippen LogP contribution in [0.5, 0.6) is 5.75 Å². The molecule has 0 spiro atoms. The molecule has 0 atom stereocenters. The molecule has 1 aliphatic heterocycles. The normalized spacial score (nSPS) is 13.9. The van der Waals surface area contributed by atoms with Crippen LogP contribution in [0.4, 0.5) is 5.69 Å². The van der Waals surface area contributed by atoms with Gasteiger partial charge in [0.1, 0.15) is 5.75 Å². The molecule has 6 nitrogen and oxygen atoms in total. The Balaban J connectivity index is 1.91. The van der Waals surface area contributed by atoms with Gasteiger partial charge >= 0.3 is 0 Å². The maximum atomic E-state index is 11.5. The van der Waals surface area contributed by atoms with Crippen LogP contribution in [0.3, 0.4) is 0 Å². The minimum absolute atomic E-state index is 0.161. The first-order valence-corrected chi connectivity index (χ1v) is 9.25. The zero-order chi connectivity index (χ0) is 17.5. The third kappa shape index (κ3) is 2.97. The molecule has 7 heteroatoms. The van der Waals surface area contributed by atoms with E-state index in [-0.39, 0.29) is 4.90 Å². The summed E-state index contributed by atoms with van der Waals surface area (Å²) in [6.07, 6.45) is 2.61. The van der Waals surface area contributed by atoms with Crippen LogP contribution in [-0.2, 0) is 23.0 Å². The van der Waals surface area contributed by atoms with Crippen LogP contribution < -0.4 is 14.8 Å². The van der Waals surface area contributed by atoms with Crippen LogP contribution in [0, 0.1) is 13.8 Å². The first-order valence-electron chi connectivity index (χ1n) is 7.71. The second kappa shape index (κ2) is 6.07. The van der Waals surface area contributed by atoms with Crippen molar-refractivity contribution < 1.29 is 13.2 Å². The first kappa shape index (κ1) is 16.7. The van der Waals surface area contributed by atoms with Crippen molar-refractivity contribution in [1.29, 1.82) is 0 Å². The van der Waals surface area contributed by atoms with Gasteiger partial charge in [-0.1, -0.05) is 0 Å². The van der Waals surface area contributed by atoms with E-state index in [1.54, 1.807) is 19.2 Å². The van der Waals surface area contributed by atoms with Crippen molar-refractivity contribution in [2.24, 2.45) is 5.14 Å². The van der Waals surface area contributed by atoms with Crippen molar-refractivity contribution in [3.05, 3.63) is 46.8 Å². The minimum Gasteiger partial charge on any atom is -0.496 e. The summed E-state index contributed by atoms with van der Waals surface area (Å²) in [5.74, 6) is 0.865. The number of pyridine rings is 1. The van der Waals surface area contributed by atoms with E-state index in [0.29, 0.717) is 6.54 Å². The summed E-state index contributed by atoms with van der Waals surface area (Å²) in [5.41, 5.74) is 5.03. The average molecular weight is 347 g/mol. The molecule has 2 N–H and O–H groups in total. The number of rotatable bonds is 4. The third-order valence-electron chi connectivity index (χ3n) is 4.46. The van der Waals surface area contributed by atoms with Crippen molar-refractivity contribution in [3.8, 4) is 5.75 Å². The SMILES string of the molecule is COc1c(C)cnc(CN2CCc3cc(S(N)(=O)=O)ccc32)c1C. The number of fused-ring (bicyclic) bond motifs is 1. The number of hydrogen-bond acceptors (Lipinski definition) is 5. The number of benzene rings is 1. The highest BCUT2D eigenvalue weighted by Crippen LogP contribution is 2.32. The highest BCUT2D eigenvalue weighted by Gasteiger charge is 2.23. The van der Waals surface area contributed by atoms with Crippen molar-refractivity contribution in [2.75, 3.05) is 18.6 Å². The first-order chi connectivity index (χ1) is 11.3. The molecule has 3 rings (SSSR count). The second-order valence-electron chi connectivity index (χ2n) is 6.05. The smallest absolute Gasteiger partial charge is 0.238 e. The van der Waals surface area contributed by atoms with Gasteiger partial charge in [0.15, 0.2) is 0 Å². The molecule has 2 heterocycles. The molecule has 0 radical (unpaired) electrons. The van der Waals surface area contributed by atoms with Gasteiger partial charge in [-0.25, -0.2) is 13.6 Å². The monoisotopic (exact) mass is 347 g/mol. The van der Waals surface area contributed by atoms with E-state index in [9.17, 15) is 8.42 Å². The van der Waals surface area contributed by atoms with Gasteiger partial charge in [0.2, 0.25) is 10.0 Å². The lowest BCUT2D eigenvalue weighted by molar-refractivity contribution is 0.407. The molecule has 0 unspecified atom stereocenters. The molecule has 0 saturated heterocycles. The summed E-state index contributed by atoms with van der Waals surface area (Å²) >= 11 is 0. The Morgan fingerprint density at radius 2 is 2.08 bits per heavy atom. The maximum absolute atomic E-state index is 11.5. The van der Waals surface area contributed by atoms with Gasteiger partial charge < -0.3 is 9.64 Å². The van der Waals surface area contributed by atoms with Gasteiger partial charge in [0, 0.05) is 29.6 Å².